The molecule has 0 aliphatic carbocycles. The zero-order valence-electron chi connectivity index (χ0n) is 9.33. The fraction of sp³-hybridized carbons (Fsp3) is 0.167. The standard InChI is InChI=1S/C12H10F3N3/c13-9-7-10(14)12(18-11(9)15)17-6-4-8-3-1-2-5-16-8/h1-3,5,7H,4,6H2,(H,17,18). The number of hydrogen-bond donors (Lipinski definition) is 1. The monoisotopic (exact) mass is 253 g/mol. The molecule has 0 amide bonds. The van der Waals surface area contributed by atoms with Gasteiger partial charge >= 0.3 is 0 Å². The van der Waals surface area contributed by atoms with Crippen molar-refractivity contribution in [2.75, 3.05) is 11.9 Å². The molecule has 0 saturated carbocycles. The third kappa shape index (κ3) is 2.97. The normalized spacial score (nSPS) is 10.4. The first-order valence-corrected chi connectivity index (χ1v) is 5.32. The second-order valence-corrected chi connectivity index (χ2v) is 3.59. The van der Waals surface area contributed by atoms with Crippen LogP contribution in [0.3, 0.4) is 0 Å². The third-order valence-electron chi connectivity index (χ3n) is 2.29. The summed E-state index contributed by atoms with van der Waals surface area (Å²) in [7, 11) is 0. The number of pyridine rings is 2. The molecular weight excluding hydrogens is 243 g/mol. The lowest BCUT2D eigenvalue weighted by molar-refractivity contribution is 0.466. The van der Waals surface area contributed by atoms with Gasteiger partial charge in [0.1, 0.15) is 0 Å². The smallest absolute Gasteiger partial charge is 0.251 e. The Morgan fingerprint density at radius 3 is 2.67 bits per heavy atom. The van der Waals surface area contributed by atoms with Gasteiger partial charge in [-0.05, 0) is 12.1 Å². The molecule has 0 fully saturated rings. The molecule has 6 heteroatoms. The molecule has 0 unspecified atom stereocenters. The number of anilines is 1. The lowest BCUT2D eigenvalue weighted by Gasteiger charge is -2.06. The molecule has 2 rings (SSSR count). The molecule has 0 radical (unpaired) electrons. The van der Waals surface area contributed by atoms with Gasteiger partial charge in [-0.2, -0.15) is 9.37 Å². The first-order chi connectivity index (χ1) is 8.66. The van der Waals surface area contributed by atoms with E-state index in [1.165, 1.54) is 0 Å². The quantitative estimate of drug-likeness (QED) is 0.851. The highest BCUT2D eigenvalue weighted by molar-refractivity contribution is 5.36. The van der Waals surface area contributed by atoms with E-state index < -0.39 is 17.6 Å². The van der Waals surface area contributed by atoms with E-state index in [-0.39, 0.29) is 5.82 Å². The van der Waals surface area contributed by atoms with Gasteiger partial charge in [0.05, 0.1) is 0 Å². The van der Waals surface area contributed by atoms with E-state index in [0.717, 1.165) is 5.69 Å². The van der Waals surface area contributed by atoms with E-state index >= 15 is 0 Å². The van der Waals surface area contributed by atoms with Crippen LogP contribution in [0, 0.1) is 17.6 Å². The molecule has 3 nitrogen and oxygen atoms in total. The molecule has 0 spiro atoms. The lowest BCUT2D eigenvalue weighted by Crippen LogP contribution is -2.10. The third-order valence-corrected chi connectivity index (χ3v) is 2.29. The van der Waals surface area contributed by atoms with Crippen molar-refractivity contribution in [2.24, 2.45) is 0 Å². The highest BCUT2D eigenvalue weighted by Gasteiger charge is 2.10. The van der Waals surface area contributed by atoms with E-state index in [9.17, 15) is 13.2 Å². The van der Waals surface area contributed by atoms with Crippen LogP contribution in [-0.2, 0) is 6.42 Å². The molecule has 2 heterocycles. The minimum atomic E-state index is -1.32. The second-order valence-electron chi connectivity index (χ2n) is 3.59. The summed E-state index contributed by atoms with van der Waals surface area (Å²) < 4.78 is 38.6. The van der Waals surface area contributed by atoms with Crippen LogP contribution < -0.4 is 5.32 Å². The average molecular weight is 253 g/mol. The summed E-state index contributed by atoms with van der Waals surface area (Å²) in [6.07, 6.45) is 2.17. The van der Waals surface area contributed by atoms with Crippen LogP contribution in [0.1, 0.15) is 5.69 Å². The number of rotatable bonds is 4. The average Bonchev–Trinajstić information content (AvgIpc) is 2.37. The maximum atomic E-state index is 13.2. The number of nitrogens with zero attached hydrogens (tertiary/aromatic N) is 2. The SMILES string of the molecule is Fc1cc(F)c(NCCc2ccccn2)nc1F. The van der Waals surface area contributed by atoms with Crippen molar-refractivity contribution < 1.29 is 13.2 Å². The molecule has 0 aliphatic rings. The number of nitrogens with one attached hydrogen (secondary N) is 1. The highest BCUT2D eigenvalue weighted by atomic mass is 19.2. The van der Waals surface area contributed by atoms with Gasteiger partial charge in [0, 0.05) is 30.9 Å². The summed E-state index contributed by atoms with van der Waals surface area (Å²) in [6.45, 7) is 0.325. The summed E-state index contributed by atoms with van der Waals surface area (Å²) in [5.41, 5.74) is 0.813. The van der Waals surface area contributed by atoms with E-state index in [1.54, 1.807) is 12.3 Å². The van der Waals surface area contributed by atoms with E-state index in [4.69, 9.17) is 0 Å². The molecule has 0 bridgehead atoms. The van der Waals surface area contributed by atoms with Crippen LogP contribution in [0.2, 0.25) is 0 Å². The number of halogens is 3. The first-order valence-electron chi connectivity index (χ1n) is 5.32. The zero-order chi connectivity index (χ0) is 13.0. The van der Waals surface area contributed by atoms with E-state index in [0.29, 0.717) is 19.0 Å². The van der Waals surface area contributed by atoms with Gasteiger partial charge in [-0.3, -0.25) is 4.98 Å². The Kier molecular flexibility index (Phi) is 3.76. The van der Waals surface area contributed by atoms with Gasteiger partial charge in [0.25, 0.3) is 5.95 Å². The fourth-order valence-corrected chi connectivity index (χ4v) is 1.42. The van der Waals surface area contributed by atoms with Crippen LogP contribution in [0.5, 0.6) is 0 Å². The predicted molar refractivity (Wildman–Crippen MR) is 60.5 cm³/mol. The van der Waals surface area contributed by atoms with Crippen molar-refractivity contribution in [3.8, 4) is 0 Å². The van der Waals surface area contributed by atoms with Gasteiger partial charge in [0.2, 0.25) is 0 Å². The maximum Gasteiger partial charge on any atom is 0.251 e. The Morgan fingerprint density at radius 2 is 1.94 bits per heavy atom. The predicted octanol–water partition coefficient (Wildman–Crippen LogP) is 2.55. The first kappa shape index (κ1) is 12.3. The van der Waals surface area contributed by atoms with Crippen LogP contribution in [0.4, 0.5) is 19.0 Å². The molecule has 2 aromatic heterocycles. The summed E-state index contributed by atoms with van der Waals surface area (Å²) in [4.78, 5) is 7.23. The van der Waals surface area contributed by atoms with Crippen LogP contribution >= 0.6 is 0 Å². The van der Waals surface area contributed by atoms with E-state index in [1.807, 2.05) is 12.1 Å². The summed E-state index contributed by atoms with van der Waals surface area (Å²) in [5.74, 6) is -3.85. The Hall–Kier alpha value is -2.11. The molecule has 0 aromatic carbocycles. The van der Waals surface area contributed by atoms with Gasteiger partial charge in [-0.15, -0.1) is 0 Å². The maximum absolute atomic E-state index is 13.2. The van der Waals surface area contributed by atoms with Crippen LogP contribution in [0.15, 0.2) is 30.5 Å². The molecule has 0 aliphatic heterocycles. The van der Waals surface area contributed by atoms with Crippen molar-refractivity contribution in [2.45, 2.75) is 6.42 Å². The highest BCUT2D eigenvalue weighted by Crippen LogP contribution is 2.14. The molecule has 2 aromatic rings. The van der Waals surface area contributed by atoms with Crippen LogP contribution in [0.25, 0.3) is 0 Å². The Balaban J connectivity index is 1.97. The Bertz CT molecular complexity index is 532. The van der Waals surface area contributed by atoms with Gasteiger partial charge in [-0.25, -0.2) is 8.78 Å². The largest absolute Gasteiger partial charge is 0.367 e. The number of hydrogen-bond acceptors (Lipinski definition) is 3. The zero-order valence-corrected chi connectivity index (χ0v) is 9.33. The van der Waals surface area contributed by atoms with Crippen LogP contribution in [-0.4, -0.2) is 16.5 Å². The van der Waals surface area contributed by atoms with Gasteiger partial charge < -0.3 is 5.32 Å². The summed E-state index contributed by atoms with van der Waals surface area (Å²) in [5, 5.41) is 2.60. The molecule has 18 heavy (non-hydrogen) atoms. The minimum Gasteiger partial charge on any atom is -0.367 e. The summed E-state index contributed by atoms with van der Waals surface area (Å²) in [6, 6.07) is 5.90. The Morgan fingerprint density at radius 1 is 1.11 bits per heavy atom. The molecule has 1 N–H and O–H groups in total. The Labute approximate surface area is 102 Å². The van der Waals surface area contributed by atoms with Crippen molar-refractivity contribution in [1.29, 1.82) is 0 Å². The van der Waals surface area contributed by atoms with Crippen molar-refractivity contribution >= 4 is 5.82 Å². The fourth-order valence-electron chi connectivity index (χ4n) is 1.42. The van der Waals surface area contributed by atoms with E-state index in [2.05, 4.69) is 15.3 Å². The molecule has 0 atom stereocenters. The molecular formula is C12H10F3N3. The topological polar surface area (TPSA) is 37.8 Å². The van der Waals surface area contributed by atoms with Crippen molar-refractivity contribution in [1.82, 2.24) is 9.97 Å². The van der Waals surface area contributed by atoms with Gasteiger partial charge in [-0.1, -0.05) is 6.07 Å². The minimum absolute atomic E-state index is 0.301. The molecule has 94 valence electrons. The lowest BCUT2D eigenvalue weighted by atomic mass is 10.3. The summed E-state index contributed by atoms with van der Waals surface area (Å²) >= 11 is 0. The number of aromatic nitrogens is 2. The second kappa shape index (κ2) is 5.48. The van der Waals surface area contributed by atoms with Crippen molar-refractivity contribution in [3.63, 3.8) is 0 Å². The van der Waals surface area contributed by atoms with Crippen molar-refractivity contribution in [3.05, 3.63) is 53.7 Å². The molecule has 0 saturated heterocycles. The van der Waals surface area contributed by atoms with Gasteiger partial charge in [0.15, 0.2) is 17.5 Å².